The second-order valence-corrected chi connectivity index (χ2v) is 5.55. The van der Waals surface area contributed by atoms with Gasteiger partial charge >= 0.3 is 12.2 Å². The predicted octanol–water partition coefficient (Wildman–Crippen LogP) is 3.22. The molecule has 0 aromatic heterocycles. The van der Waals surface area contributed by atoms with Gasteiger partial charge in [0, 0.05) is 5.69 Å². The molecule has 7 heteroatoms. The standard InChI is InChI=1S/C15H19F3N2O2/c16-15(17,18)9-10-4-3-5-11(8-10)19-14(22)20-12-6-1-2-7-13(12)21/h3-5,8,12-13,21H,1-2,6-7,9H2,(H2,19,20,22). The van der Waals surface area contributed by atoms with Crippen LogP contribution in [0.3, 0.4) is 0 Å². The van der Waals surface area contributed by atoms with Crippen LogP contribution in [0.2, 0.25) is 0 Å². The maximum atomic E-state index is 12.4. The first-order valence-electron chi connectivity index (χ1n) is 7.25. The van der Waals surface area contributed by atoms with Gasteiger partial charge in [0.15, 0.2) is 0 Å². The molecule has 0 aliphatic heterocycles. The molecule has 1 aromatic carbocycles. The predicted molar refractivity (Wildman–Crippen MR) is 76.6 cm³/mol. The molecule has 0 spiro atoms. The van der Waals surface area contributed by atoms with Crippen LogP contribution < -0.4 is 10.6 Å². The summed E-state index contributed by atoms with van der Waals surface area (Å²) in [7, 11) is 0. The first-order chi connectivity index (χ1) is 10.3. The van der Waals surface area contributed by atoms with E-state index < -0.39 is 24.7 Å². The first-order valence-corrected chi connectivity index (χ1v) is 7.25. The van der Waals surface area contributed by atoms with Gasteiger partial charge in [0.05, 0.1) is 18.6 Å². The number of hydrogen-bond acceptors (Lipinski definition) is 2. The lowest BCUT2D eigenvalue weighted by Gasteiger charge is -2.28. The minimum Gasteiger partial charge on any atom is -0.391 e. The van der Waals surface area contributed by atoms with Crippen LogP contribution in [-0.4, -0.2) is 29.5 Å². The van der Waals surface area contributed by atoms with Gasteiger partial charge in [-0.05, 0) is 30.5 Å². The zero-order valence-corrected chi connectivity index (χ0v) is 12.0. The Morgan fingerprint density at radius 1 is 1.27 bits per heavy atom. The fourth-order valence-electron chi connectivity index (χ4n) is 2.61. The molecule has 3 N–H and O–H groups in total. The van der Waals surface area contributed by atoms with Crippen molar-refractivity contribution in [3.8, 4) is 0 Å². The second kappa shape index (κ2) is 7.00. The molecule has 0 radical (unpaired) electrons. The van der Waals surface area contributed by atoms with Crippen molar-refractivity contribution in [3.63, 3.8) is 0 Å². The third kappa shape index (κ3) is 5.22. The number of aliphatic hydroxyl groups excluding tert-OH is 1. The lowest BCUT2D eigenvalue weighted by Crippen LogP contribution is -2.46. The number of aliphatic hydroxyl groups is 1. The topological polar surface area (TPSA) is 61.4 Å². The van der Waals surface area contributed by atoms with Crippen LogP contribution in [0.4, 0.5) is 23.7 Å². The molecule has 0 bridgehead atoms. The average Bonchev–Trinajstić information content (AvgIpc) is 2.40. The lowest BCUT2D eigenvalue weighted by molar-refractivity contribution is -0.127. The van der Waals surface area contributed by atoms with E-state index in [0.717, 1.165) is 12.8 Å². The van der Waals surface area contributed by atoms with Gasteiger partial charge in [0.25, 0.3) is 0 Å². The largest absolute Gasteiger partial charge is 0.393 e. The summed E-state index contributed by atoms with van der Waals surface area (Å²) in [5.41, 5.74) is 0.382. The molecule has 1 fully saturated rings. The van der Waals surface area contributed by atoms with Gasteiger partial charge in [-0.15, -0.1) is 0 Å². The number of carbonyl (C=O) groups excluding carboxylic acids is 1. The molecule has 122 valence electrons. The number of halogens is 3. The van der Waals surface area contributed by atoms with Crippen LogP contribution in [-0.2, 0) is 6.42 Å². The van der Waals surface area contributed by atoms with E-state index in [9.17, 15) is 23.1 Å². The highest BCUT2D eigenvalue weighted by atomic mass is 19.4. The van der Waals surface area contributed by atoms with Crippen LogP contribution in [0.25, 0.3) is 0 Å². The Balaban J connectivity index is 1.92. The fraction of sp³-hybridized carbons (Fsp3) is 0.533. The van der Waals surface area contributed by atoms with Crippen LogP contribution in [0.15, 0.2) is 24.3 Å². The average molecular weight is 316 g/mol. The third-order valence-electron chi connectivity index (χ3n) is 3.64. The van der Waals surface area contributed by atoms with Gasteiger partial charge in [-0.3, -0.25) is 0 Å². The zero-order chi connectivity index (χ0) is 16.2. The van der Waals surface area contributed by atoms with Crippen LogP contribution >= 0.6 is 0 Å². The lowest BCUT2D eigenvalue weighted by atomic mass is 9.93. The quantitative estimate of drug-likeness (QED) is 0.802. The van der Waals surface area contributed by atoms with Crippen molar-refractivity contribution in [3.05, 3.63) is 29.8 Å². The Morgan fingerprint density at radius 3 is 2.68 bits per heavy atom. The summed E-state index contributed by atoms with van der Waals surface area (Å²) < 4.78 is 37.1. The summed E-state index contributed by atoms with van der Waals surface area (Å²) in [5, 5.41) is 15.0. The number of nitrogens with one attached hydrogen (secondary N) is 2. The minimum absolute atomic E-state index is 0.0861. The molecule has 0 saturated heterocycles. The summed E-state index contributed by atoms with van der Waals surface area (Å²) in [6.45, 7) is 0. The van der Waals surface area contributed by atoms with E-state index in [2.05, 4.69) is 10.6 Å². The fourth-order valence-corrected chi connectivity index (χ4v) is 2.61. The maximum Gasteiger partial charge on any atom is 0.393 e. The number of urea groups is 1. The van der Waals surface area contributed by atoms with Gasteiger partial charge in [-0.25, -0.2) is 4.79 Å². The molecule has 1 aliphatic rings. The Hall–Kier alpha value is -1.76. The SMILES string of the molecule is O=C(Nc1cccc(CC(F)(F)F)c1)NC1CCCCC1O. The summed E-state index contributed by atoms with van der Waals surface area (Å²) >= 11 is 0. The molecular weight excluding hydrogens is 297 g/mol. The van der Waals surface area contributed by atoms with Crippen molar-refractivity contribution >= 4 is 11.7 Å². The number of anilines is 1. The molecule has 2 rings (SSSR count). The Labute approximate surface area is 126 Å². The van der Waals surface area contributed by atoms with Crippen molar-refractivity contribution in [2.45, 2.75) is 50.4 Å². The Morgan fingerprint density at radius 2 is 2.00 bits per heavy atom. The maximum absolute atomic E-state index is 12.4. The highest BCUT2D eigenvalue weighted by Gasteiger charge is 2.28. The molecular formula is C15H19F3N2O2. The molecule has 2 unspecified atom stereocenters. The smallest absolute Gasteiger partial charge is 0.391 e. The van der Waals surface area contributed by atoms with Crippen LogP contribution in [0.1, 0.15) is 31.2 Å². The number of benzene rings is 1. The number of carbonyl (C=O) groups is 1. The molecule has 1 saturated carbocycles. The summed E-state index contributed by atoms with van der Waals surface area (Å²) in [6.07, 6.45) is -2.69. The van der Waals surface area contributed by atoms with Crippen molar-refractivity contribution < 1.29 is 23.1 Å². The minimum atomic E-state index is -4.28. The highest BCUT2D eigenvalue weighted by Crippen LogP contribution is 2.23. The number of alkyl halides is 3. The van der Waals surface area contributed by atoms with Crippen LogP contribution in [0.5, 0.6) is 0 Å². The van der Waals surface area contributed by atoms with E-state index in [4.69, 9.17) is 0 Å². The number of amides is 2. The second-order valence-electron chi connectivity index (χ2n) is 5.55. The Bertz CT molecular complexity index is 520. The number of rotatable bonds is 3. The van der Waals surface area contributed by atoms with E-state index in [1.54, 1.807) is 0 Å². The van der Waals surface area contributed by atoms with Gasteiger partial charge < -0.3 is 15.7 Å². The zero-order valence-electron chi connectivity index (χ0n) is 12.0. The van der Waals surface area contributed by atoms with Gasteiger partial charge in [-0.1, -0.05) is 25.0 Å². The third-order valence-corrected chi connectivity index (χ3v) is 3.64. The Kier molecular flexibility index (Phi) is 5.28. The number of hydrogen-bond donors (Lipinski definition) is 3. The van der Waals surface area contributed by atoms with Gasteiger partial charge in [-0.2, -0.15) is 13.2 Å². The summed E-state index contributed by atoms with van der Waals surface area (Å²) in [5.74, 6) is 0. The van der Waals surface area contributed by atoms with Crippen LogP contribution in [0, 0.1) is 0 Å². The monoisotopic (exact) mass is 316 g/mol. The normalized spacial score (nSPS) is 22.2. The van der Waals surface area contributed by atoms with Crippen molar-refractivity contribution in [1.29, 1.82) is 0 Å². The van der Waals surface area contributed by atoms with Crippen molar-refractivity contribution in [2.24, 2.45) is 0 Å². The van der Waals surface area contributed by atoms with E-state index in [1.807, 2.05) is 0 Å². The first kappa shape index (κ1) is 16.6. The molecule has 1 aliphatic carbocycles. The molecule has 2 atom stereocenters. The highest BCUT2D eigenvalue weighted by molar-refractivity contribution is 5.89. The molecule has 2 amide bonds. The van der Waals surface area contributed by atoms with E-state index in [-0.39, 0.29) is 11.6 Å². The van der Waals surface area contributed by atoms with Gasteiger partial charge in [0.1, 0.15) is 0 Å². The molecule has 4 nitrogen and oxygen atoms in total. The van der Waals surface area contributed by atoms with E-state index in [0.29, 0.717) is 18.5 Å². The van der Waals surface area contributed by atoms with E-state index >= 15 is 0 Å². The molecule has 0 heterocycles. The molecule has 1 aromatic rings. The molecule has 22 heavy (non-hydrogen) atoms. The van der Waals surface area contributed by atoms with Crippen molar-refractivity contribution in [2.75, 3.05) is 5.32 Å². The summed E-state index contributed by atoms with van der Waals surface area (Å²) in [6, 6.07) is 4.82. The summed E-state index contributed by atoms with van der Waals surface area (Å²) in [4.78, 5) is 11.9. The van der Waals surface area contributed by atoms with Gasteiger partial charge in [0.2, 0.25) is 0 Å². The van der Waals surface area contributed by atoms with Crippen molar-refractivity contribution in [1.82, 2.24) is 5.32 Å². The van der Waals surface area contributed by atoms with E-state index in [1.165, 1.54) is 24.3 Å².